The van der Waals surface area contributed by atoms with E-state index in [4.69, 9.17) is 19.4 Å². The molecule has 11 rings (SSSR count). The van der Waals surface area contributed by atoms with Gasteiger partial charge in [0.1, 0.15) is 11.2 Å². The molecular formula is C55H35N3O. The van der Waals surface area contributed by atoms with Crippen molar-refractivity contribution in [3.8, 4) is 78.7 Å². The largest absolute Gasteiger partial charge is 0.456 e. The first-order valence-electron chi connectivity index (χ1n) is 19.8. The Morgan fingerprint density at radius 2 is 0.746 bits per heavy atom. The van der Waals surface area contributed by atoms with Gasteiger partial charge in [-0.15, -0.1) is 0 Å². The normalized spacial score (nSPS) is 11.4. The molecule has 0 aliphatic carbocycles. The Balaban J connectivity index is 1.05. The van der Waals surface area contributed by atoms with Gasteiger partial charge in [0.25, 0.3) is 0 Å². The summed E-state index contributed by atoms with van der Waals surface area (Å²) in [5, 5.41) is 4.42. The first-order valence-corrected chi connectivity index (χ1v) is 19.8. The van der Waals surface area contributed by atoms with Crippen molar-refractivity contribution >= 4 is 32.7 Å². The number of benzene rings is 9. The van der Waals surface area contributed by atoms with Crippen LogP contribution in [0.1, 0.15) is 0 Å². The van der Waals surface area contributed by atoms with Gasteiger partial charge in [0.2, 0.25) is 0 Å². The van der Waals surface area contributed by atoms with Crippen LogP contribution in [0.5, 0.6) is 0 Å². The van der Waals surface area contributed by atoms with Crippen LogP contribution in [-0.2, 0) is 0 Å². The molecule has 0 saturated heterocycles. The molecule has 4 nitrogen and oxygen atoms in total. The highest BCUT2D eigenvalue weighted by molar-refractivity contribution is 6.13. The lowest BCUT2D eigenvalue weighted by Gasteiger charge is -2.12. The Hall–Kier alpha value is -7.95. The maximum Gasteiger partial charge on any atom is 0.164 e. The summed E-state index contributed by atoms with van der Waals surface area (Å²) in [5.41, 5.74) is 13.5. The Labute approximate surface area is 341 Å². The van der Waals surface area contributed by atoms with Gasteiger partial charge in [0.15, 0.2) is 17.5 Å². The summed E-state index contributed by atoms with van der Waals surface area (Å²) < 4.78 is 6.60. The third-order valence-electron chi connectivity index (χ3n) is 11.1. The number of furan rings is 1. The van der Waals surface area contributed by atoms with Gasteiger partial charge in [-0.2, -0.15) is 0 Å². The molecule has 0 fully saturated rings. The molecule has 0 unspecified atom stereocenters. The topological polar surface area (TPSA) is 51.8 Å². The van der Waals surface area contributed by atoms with E-state index in [1.165, 1.54) is 11.1 Å². The van der Waals surface area contributed by atoms with E-state index in [9.17, 15) is 0 Å². The first-order chi connectivity index (χ1) is 29.2. The maximum atomic E-state index is 6.60. The first kappa shape index (κ1) is 34.3. The maximum absolute atomic E-state index is 6.60. The zero-order valence-corrected chi connectivity index (χ0v) is 32.0. The molecule has 0 aliphatic heterocycles. The van der Waals surface area contributed by atoms with E-state index >= 15 is 0 Å². The van der Waals surface area contributed by atoms with E-state index in [0.29, 0.717) is 17.5 Å². The highest BCUT2D eigenvalue weighted by atomic mass is 16.3. The highest BCUT2D eigenvalue weighted by Gasteiger charge is 2.18. The van der Waals surface area contributed by atoms with E-state index in [1.54, 1.807) is 0 Å². The van der Waals surface area contributed by atoms with Crippen molar-refractivity contribution in [2.45, 2.75) is 0 Å². The summed E-state index contributed by atoms with van der Waals surface area (Å²) >= 11 is 0. The van der Waals surface area contributed by atoms with Crippen LogP contribution in [0.4, 0.5) is 0 Å². The monoisotopic (exact) mass is 753 g/mol. The molecular weight excluding hydrogens is 719 g/mol. The second-order valence-corrected chi connectivity index (χ2v) is 14.8. The molecule has 59 heavy (non-hydrogen) atoms. The lowest BCUT2D eigenvalue weighted by atomic mass is 9.96. The Bertz CT molecular complexity index is 3300. The van der Waals surface area contributed by atoms with E-state index in [2.05, 4.69) is 188 Å². The van der Waals surface area contributed by atoms with Crippen molar-refractivity contribution in [2.75, 3.05) is 0 Å². The zero-order valence-electron chi connectivity index (χ0n) is 32.0. The minimum absolute atomic E-state index is 0.575. The van der Waals surface area contributed by atoms with Gasteiger partial charge in [-0.3, -0.25) is 0 Å². The molecule has 0 amide bonds. The molecule has 0 saturated carbocycles. The molecule has 0 radical (unpaired) electrons. The summed E-state index contributed by atoms with van der Waals surface area (Å²) in [5.74, 6) is 1.78. The Kier molecular flexibility index (Phi) is 8.45. The van der Waals surface area contributed by atoms with Gasteiger partial charge in [-0.25, -0.2) is 15.0 Å². The SMILES string of the molecule is c1ccc(-c2ccc(-c3cccc4oc5cc(-c6nc(-c7cccc(-c8ccccc8)c7)nc(-c7ccc8cccc(-c9ccccc9)c8c7)n6)ccc5c34)cc2)cc1. The zero-order chi connectivity index (χ0) is 39.1. The van der Waals surface area contributed by atoms with E-state index in [0.717, 1.165) is 82.8 Å². The number of rotatable bonds is 7. The van der Waals surface area contributed by atoms with Crippen LogP contribution < -0.4 is 0 Å². The minimum atomic E-state index is 0.575. The third-order valence-corrected chi connectivity index (χ3v) is 11.1. The molecule has 276 valence electrons. The number of hydrogen-bond donors (Lipinski definition) is 0. The Morgan fingerprint density at radius 3 is 1.46 bits per heavy atom. The summed E-state index contributed by atoms with van der Waals surface area (Å²) in [4.78, 5) is 15.5. The van der Waals surface area contributed by atoms with Gasteiger partial charge in [0, 0.05) is 27.5 Å². The molecule has 0 atom stereocenters. The fourth-order valence-electron chi connectivity index (χ4n) is 8.19. The standard InChI is InChI=1S/C55H35N3O/c1-4-13-36(14-5-1)38-25-27-41(28-26-38)47-23-12-24-50-52(47)48-32-31-45(35-51(48)59-50)55-57-53(43-21-10-20-42(33-43)37-15-6-2-7-16-37)56-54(58-55)44-30-29-40-19-11-22-46(49(40)34-44)39-17-8-3-9-18-39/h1-35H. The predicted molar refractivity (Wildman–Crippen MR) is 243 cm³/mol. The molecule has 0 aliphatic rings. The van der Waals surface area contributed by atoms with Crippen LogP contribution in [0.15, 0.2) is 217 Å². The Morgan fingerprint density at radius 1 is 0.271 bits per heavy atom. The van der Waals surface area contributed by atoms with Crippen LogP contribution in [0, 0.1) is 0 Å². The van der Waals surface area contributed by atoms with Crippen LogP contribution in [-0.4, -0.2) is 15.0 Å². The lowest BCUT2D eigenvalue weighted by molar-refractivity contribution is 0.669. The summed E-state index contributed by atoms with van der Waals surface area (Å²) in [7, 11) is 0. The van der Waals surface area contributed by atoms with Crippen LogP contribution in [0.3, 0.4) is 0 Å². The fraction of sp³-hybridized carbons (Fsp3) is 0. The van der Waals surface area contributed by atoms with Crippen molar-refractivity contribution in [3.63, 3.8) is 0 Å². The van der Waals surface area contributed by atoms with Crippen LogP contribution in [0.2, 0.25) is 0 Å². The van der Waals surface area contributed by atoms with E-state index in [-0.39, 0.29) is 0 Å². The number of nitrogens with zero attached hydrogens (tertiary/aromatic N) is 3. The fourth-order valence-corrected chi connectivity index (χ4v) is 8.19. The second-order valence-electron chi connectivity index (χ2n) is 14.8. The second kappa shape index (κ2) is 14.5. The summed E-state index contributed by atoms with van der Waals surface area (Å²) in [6.45, 7) is 0. The third kappa shape index (κ3) is 6.43. The number of aromatic nitrogens is 3. The molecule has 2 heterocycles. The molecule has 11 aromatic rings. The van der Waals surface area contributed by atoms with Gasteiger partial charge in [-0.1, -0.05) is 182 Å². The van der Waals surface area contributed by atoms with Crippen LogP contribution in [0.25, 0.3) is 111 Å². The van der Waals surface area contributed by atoms with Crippen molar-refractivity contribution in [2.24, 2.45) is 0 Å². The molecule has 4 heteroatoms. The molecule has 9 aromatic carbocycles. The highest BCUT2D eigenvalue weighted by Crippen LogP contribution is 2.39. The quantitative estimate of drug-likeness (QED) is 0.163. The summed E-state index contributed by atoms with van der Waals surface area (Å²) in [6.07, 6.45) is 0. The molecule has 0 bridgehead atoms. The van der Waals surface area contributed by atoms with Gasteiger partial charge >= 0.3 is 0 Å². The smallest absolute Gasteiger partial charge is 0.164 e. The molecule has 0 N–H and O–H groups in total. The average molecular weight is 754 g/mol. The van der Waals surface area contributed by atoms with Gasteiger partial charge < -0.3 is 4.42 Å². The van der Waals surface area contributed by atoms with E-state index < -0.39 is 0 Å². The van der Waals surface area contributed by atoms with Gasteiger partial charge in [-0.05, 0) is 85.6 Å². The van der Waals surface area contributed by atoms with Crippen molar-refractivity contribution < 1.29 is 4.42 Å². The van der Waals surface area contributed by atoms with Crippen molar-refractivity contribution in [1.29, 1.82) is 0 Å². The predicted octanol–water partition coefficient (Wildman–Crippen LogP) is 14.6. The van der Waals surface area contributed by atoms with Crippen molar-refractivity contribution in [3.05, 3.63) is 212 Å². The average Bonchev–Trinajstić information content (AvgIpc) is 3.70. The van der Waals surface area contributed by atoms with Crippen molar-refractivity contribution in [1.82, 2.24) is 15.0 Å². The number of fused-ring (bicyclic) bond motifs is 4. The van der Waals surface area contributed by atoms with Crippen LogP contribution >= 0.6 is 0 Å². The molecule has 0 spiro atoms. The molecule has 2 aromatic heterocycles. The van der Waals surface area contributed by atoms with E-state index in [1.807, 2.05) is 24.3 Å². The number of hydrogen-bond acceptors (Lipinski definition) is 4. The van der Waals surface area contributed by atoms with Gasteiger partial charge in [0.05, 0.1) is 0 Å². The lowest BCUT2D eigenvalue weighted by Crippen LogP contribution is -2.00. The summed E-state index contributed by atoms with van der Waals surface area (Å²) in [6, 6.07) is 74.0. The minimum Gasteiger partial charge on any atom is -0.456 e.